The number of aryl methyl sites for hydroxylation is 2. The second-order valence-electron chi connectivity index (χ2n) is 7.08. The maximum atomic E-state index is 13.5. The van der Waals surface area contributed by atoms with Crippen molar-refractivity contribution in [3.05, 3.63) is 82.7 Å². The van der Waals surface area contributed by atoms with E-state index in [1.807, 2.05) is 30.3 Å². The molecule has 4 nitrogen and oxygen atoms in total. The van der Waals surface area contributed by atoms with Crippen molar-refractivity contribution in [3.8, 4) is 5.69 Å². The lowest BCUT2D eigenvalue weighted by Crippen LogP contribution is -2.14. The molecule has 3 aromatic rings. The van der Waals surface area contributed by atoms with Gasteiger partial charge in [0.05, 0.1) is 22.6 Å². The molecule has 0 unspecified atom stereocenters. The maximum absolute atomic E-state index is 13.5. The number of hydrogen-bond donors (Lipinski definition) is 1. The van der Waals surface area contributed by atoms with E-state index in [1.165, 1.54) is 18.2 Å². The Morgan fingerprint density at radius 3 is 2.24 bits per heavy atom. The molecule has 152 valence electrons. The lowest BCUT2D eigenvalue weighted by atomic mass is 10.00. The molecule has 0 fully saturated rings. The highest BCUT2D eigenvalue weighted by Gasteiger charge is 2.35. The number of rotatable bonds is 6. The normalized spacial score (nSPS) is 11.8. The third-order valence-electron chi connectivity index (χ3n) is 4.69. The average molecular weight is 402 g/mol. The van der Waals surface area contributed by atoms with Crippen LogP contribution in [0.2, 0.25) is 0 Å². The Morgan fingerprint density at radius 1 is 1.03 bits per heavy atom. The molecule has 0 amide bonds. The Bertz CT molecular complexity index is 1010. The molecule has 1 heterocycles. The van der Waals surface area contributed by atoms with Crippen LogP contribution in [0.15, 0.2) is 54.6 Å². The first-order chi connectivity index (χ1) is 13.7. The smallest absolute Gasteiger partial charge is 0.418 e. The topological polar surface area (TPSA) is 55.1 Å². The molecule has 0 atom stereocenters. The monoisotopic (exact) mass is 402 g/mol. The third-order valence-corrected chi connectivity index (χ3v) is 4.69. The summed E-state index contributed by atoms with van der Waals surface area (Å²) in [5.74, 6) is -1.52. The summed E-state index contributed by atoms with van der Waals surface area (Å²) >= 11 is 0. The van der Waals surface area contributed by atoms with Crippen molar-refractivity contribution in [2.75, 3.05) is 0 Å². The molecule has 0 radical (unpaired) electrons. The summed E-state index contributed by atoms with van der Waals surface area (Å²) in [6.07, 6.45) is -3.73. The molecule has 29 heavy (non-hydrogen) atoms. The van der Waals surface area contributed by atoms with Crippen molar-refractivity contribution in [1.29, 1.82) is 0 Å². The van der Waals surface area contributed by atoms with Gasteiger partial charge in [0, 0.05) is 0 Å². The molecule has 3 rings (SSSR count). The van der Waals surface area contributed by atoms with Crippen LogP contribution in [-0.4, -0.2) is 20.9 Å². The number of halogens is 3. The molecule has 0 aliphatic rings. The van der Waals surface area contributed by atoms with Crippen LogP contribution in [0, 0.1) is 0 Å². The SMILES string of the molecule is CC(C)c1c(C(=O)O)c(CCc2ccccc2)nn1-c1ccccc1C(F)(F)F. The first-order valence-corrected chi connectivity index (χ1v) is 9.25. The number of hydrogen-bond acceptors (Lipinski definition) is 2. The molecule has 0 saturated carbocycles. The summed E-state index contributed by atoms with van der Waals surface area (Å²) in [7, 11) is 0. The molecule has 0 spiro atoms. The fourth-order valence-corrected chi connectivity index (χ4v) is 3.41. The number of carboxylic acids is 1. The van der Waals surface area contributed by atoms with Crippen molar-refractivity contribution in [3.63, 3.8) is 0 Å². The van der Waals surface area contributed by atoms with Gasteiger partial charge >= 0.3 is 12.1 Å². The van der Waals surface area contributed by atoms with E-state index < -0.39 is 17.7 Å². The van der Waals surface area contributed by atoms with E-state index in [1.54, 1.807) is 13.8 Å². The van der Waals surface area contributed by atoms with Crippen LogP contribution in [0.25, 0.3) is 5.69 Å². The molecule has 0 bridgehead atoms. The first-order valence-electron chi connectivity index (χ1n) is 9.25. The van der Waals surface area contributed by atoms with E-state index in [2.05, 4.69) is 5.10 Å². The highest BCUT2D eigenvalue weighted by Crippen LogP contribution is 2.36. The van der Waals surface area contributed by atoms with Crippen molar-refractivity contribution in [1.82, 2.24) is 9.78 Å². The molecule has 0 aliphatic heterocycles. The lowest BCUT2D eigenvalue weighted by Gasteiger charge is -2.16. The van der Waals surface area contributed by atoms with Gasteiger partial charge in [0.1, 0.15) is 5.56 Å². The molecule has 0 aliphatic carbocycles. The number of carbonyl (C=O) groups is 1. The summed E-state index contributed by atoms with van der Waals surface area (Å²) in [6.45, 7) is 3.49. The van der Waals surface area contributed by atoms with Gasteiger partial charge in [-0.1, -0.05) is 56.3 Å². The van der Waals surface area contributed by atoms with Crippen LogP contribution in [0.1, 0.15) is 52.6 Å². The number of aromatic nitrogens is 2. The summed E-state index contributed by atoms with van der Waals surface area (Å²) in [5, 5.41) is 14.2. The largest absolute Gasteiger partial charge is 0.478 e. The van der Waals surface area contributed by atoms with Gasteiger partial charge in [-0.3, -0.25) is 0 Å². The minimum Gasteiger partial charge on any atom is -0.478 e. The Morgan fingerprint density at radius 2 is 1.66 bits per heavy atom. The predicted molar refractivity (Wildman–Crippen MR) is 103 cm³/mol. The summed E-state index contributed by atoms with van der Waals surface area (Å²) in [5.41, 5.74) is 0.500. The van der Waals surface area contributed by atoms with Crippen molar-refractivity contribution in [2.45, 2.75) is 38.8 Å². The summed E-state index contributed by atoms with van der Waals surface area (Å²) in [4.78, 5) is 12.0. The number of nitrogens with zero attached hydrogens (tertiary/aromatic N) is 2. The predicted octanol–water partition coefficient (Wildman–Crippen LogP) is 5.50. The summed E-state index contributed by atoms with van der Waals surface area (Å²) < 4.78 is 41.8. The zero-order valence-electron chi connectivity index (χ0n) is 16.1. The Balaban J connectivity index is 2.15. The van der Waals surface area contributed by atoms with Crippen molar-refractivity contribution >= 4 is 5.97 Å². The standard InChI is InChI=1S/C22H21F3N2O2/c1-14(2)20-19(21(28)29)17(13-12-15-8-4-3-5-9-15)26-27(20)18-11-7-6-10-16(18)22(23,24)25/h3-11,14H,12-13H2,1-2H3,(H,28,29). The second kappa shape index (κ2) is 8.11. The molecule has 2 aromatic carbocycles. The third kappa shape index (κ3) is 4.34. The minimum absolute atomic E-state index is 0.0205. The van der Waals surface area contributed by atoms with Gasteiger partial charge in [-0.05, 0) is 36.5 Å². The highest BCUT2D eigenvalue weighted by molar-refractivity contribution is 5.91. The molecule has 0 saturated heterocycles. The number of para-hydroxylation sites is 1. The van der Waals surface area contributed by atoms with Crippen molar-refractivity contribution < 1.29 is 23.1 Å². The fourth-order valence-electron chi connectivity index (χ4n) is 3.41. The lowest BCUT2D eigenvalue weighted by molar-refractivity contribution is -0.137. The van der Waals surface area contributed by atoms with E-state index in [0.29, 0.717) is 12.8 Å². The van der Waals surface area contributed by atoms with E-state index in [9.17, 15) is 23.1 Å². The molecular weight excluding hydrogens is 381 g/mol. The fraction of sp³-hybridized carbons (Fsp3) is 0.273. The van der Waals surface area contributed by atoms with Crippen LogP contribution in [0.4, 0.5) is 13.2 Å². The minimum atomic E-state index is -4.58. The number of aromatic carboxylic acids is 1. The Labute approximate surface area is 166 Å². The highest BCUT2D eigenvalue weighted by atomic mass is 19.4. The van der Waals surface area contributed by atoms with Crippen LogP contribution in [0.5, 0.6) is 0 Å². The van der Waals surface area contributed by atoms with Gasteiger partial charge in [-0.2, -0.15) is 18.3 Å². The molecule has 7 heteroatoms. The van der Waals surface area contributed by atoms with Crippen LogP contribution in [-0.2, 0) is 19.0 Å². The van der Waals surface area contributed by atoms with Gasteiger partial charge in [0.25, 0.3) is 0 Å². The Kier molecular flexibility index (Phi) is 5.77. The zero-order chi connectivity index (χ0) is 21.2. The molecule has 1 N–H and O–H groups in total. The summed E-state index contributed by atoms with van der Waals surface area (Å²) in [6, 6.07) is 14.6. The second-order valence-corrected chi connectivity index (χ2v) is 7.08. The van der Waals surface area contributed by atoms with E-state index in [4.69, 9.17) is 0 Å². The number of benzene rings is 2. The van der Waals surface area contributed by atoms with Crippen LogP contribution in [0.3, 0.4) is 0 Å². The van der Waals surface area contributed by atoms with E-state index in [-0.39, 0.29) is 28.6 Å². The van der Waals surface area contributed by atoms with E-state index in [0.717, 1.165) is 16.3 Å². The van der Waals surface area contributed by atoms with Gasteiger partial charge in [-0.25, -0.2) is 9.48 Å². The zero-order valence-corrected chi connectivity index (χ0v) is 16.1. The van der Waals surface area contributed by atoms with Gasteiger partial charge < -0.3 is 5.11 Å². The van der Waals surface area contributed by atoms with Crippen molar-refractivity contribution in [2.24, 2.45) is 0 Å². The first kappa shape index (κ1) is 20.6. The Hall–Kier alpha value is -3.09. The van der Waals surface area contributed by atoms with E-state index >= 15 is 0 Å². The molecule has 1 aromatic heterocycles. The van der Waals surface area contributed by atoms with Crippen LogP contribution < -0.4 is 0 Å². The van der Waals surface area contributed by atoms with Gasteiger partial charge in [0.15, 0.2) is 0 Å². The average Bonchev–Trinajstić information content (AvgIpc) is 3.06. The quantitative estimate of drug-likeness (QED) is 0.593. The van der Waals surface area contributed by atoms with Crippen LogP contribution >= 0.6 is 0 Å². The molecular formula is C22H21F3N2O2. The number of alkyl halides is 3. The maximum Gasteiger partial charge on any atom is 0.418 e. The number of carboxylic acid groups (broad SMARTS) is 1. The van der Waals surface area contributed by atoms with Gasteiger partial charge in [-0.15, -0.1) is 0 Å². The van der Waals surface area contributed by atoms with Gasteiger partial charge in [0.2, 0.25) is 0 Å².